The van der Waals surface area contributed by atoms with Gasteiger partial charge < -0.3 is 14.6 Å². The Morgan fingerprint density at radius 2 is 1.72 bits per heavy atom. The van der Waals surface area contributed by atoms with Gasteiger partial charge in [0.25, 0.3) is 11.7 Å². The summed E-state index contributed by atoms with van der Waals surface area (Å²) in [5.74, 6) is -0.763. The molecule has 1 aliphatic rings. The number of benzene rings is 3. The minimum Gasteiger partial charge on any atom is -0.507 e. The molecular formula is C32H28N2O5. The Morgan fingerprint density at radius 1 is 0.974 bits per heavy atom. The van der Waals surface area contributed by atoms with Crippen LogP contribution in [0.2, 0.25) is 0 Å². The third-order valence-corrected chi connectivity index (χ3v) is 6.69. The third kappa shape index (κ3) is 4.99. The van der Waals surface area contributed by atoms with Gasteiger partial charge in [0.1, 0.15) is 23.9 Å². The van der Waals surface area contributed by atoms with Crippen molar-refractivity contribution in [2.45, 2.75) is 26.5 Å². The number of carbonyl (C=O) groups is 2. The minimum atomic E-state index is -0.889. The van der Waals surface area contributed by atoms with Crippen LogP contribution in [0, 0.1) is 13.8 Å². The van der Waals surface area contributed by atoms with Gasteiger partial charge in [-0.15, -0.1) is 0 Å². The predicted molar refractivity (Wildman–Crippen MR) is 149 cm³/mol. The van der Waals surface area contributed by atoms with Crippen molar-refractivity contribution in [3.8, 4) is 11.5 Å². The minimum absolute atomic E-state index is 0.0271. The van der Waals surface area contributed by atoms with E-state index in [9.17, 15) is 14.7 Å². The zero-order valence-corrected chi connectivity index (χ0v) is 21.9. The first-order chi connectivity index (χ1) is 18.9. The van der Waals surface area contributed by atoms with Gasteiger partial charge in [-0.25, -0.2) is 0 Å². The number of aryl methyl sites for hydroxylation is 2. The van der Waals surface area contributed by atoms with E-state index in [2.05, 4.69) is 4.98 Å². The molecule has 1 saturated heterocycles. The summed E-state index contributed by atoms with van der Waals surface area (Å²) < 4.78 is 11.5. The van der Waals surface area contributed by atoms with Crippen LogP contribution in [0.25, 0.3) is 5.76 Å². The van der Waals surface area contributed by atoms with Crippen molar-refractivity contribution < 1.29 is 24.2 Å². The Hall–Kier alpha value is -4.91. The first-order valence-corrected chi connectivity index (χ1v) is 12.5. The normalized spacial score (nSPS) is 16.4. The molecular weight excluding hydrogens is 492 g/mol. The molecule has 196 valence electrons. The van der Waals surface area contributed by atoms with Crippen LogP contribution in [0.15, 0.2) is 96.8 Å². The first-order valence-electron chi connectivity index (χ1n) is 12.5. The van der Waals surface area contributed by atoms with Crippen LogP contribution in [0.3, 0.4) is 0 Å². The number of carbonyl (C=O) groups excluding carboxylic acids is 2. The van der Waals surface area contributed by atoms with Crippen molar-refractivity contribution in [3.05, 3.63) is 125 Å². The van der Waals surface area contributed by atoms with E-state index in [4.69, 9.17) is 9.47 Å². The quantitative estimate of drug-likeness (QED) is 0.185. The lowest BCUT2D eigenvalue weighted by Crippen LogP contribution is -2.29. The predicted octanol–water partition coefficient (Wildman–Crippen LogP) is 5.91. The maximum atomic E-state index is 13.5. The number of hydrogen-bond acceptors (Lipinski definition) is 6. The lowest BCUT2D eigenvalue weighted by atomic mass is 9.94. The molecule has 0 aliphatic carbocycles. The molecule has 1 amide bonds. The fourth-order valence-electron chi connectivity index (χ4n) is 4.94. The van der Waals surface area contributed by atoms with Gasteiger partial charge in [0.2, 0.25) is 0 Å². The summed E-state index contributed by atoms with van der Waals surface area (Å²) in [5.41, 5.74) is 4.12. The van der Waals surface area contributed by atoms with Gasteiger partial charge in [-0.1, -0.05) is 42.5 Å². The number of nitrogens with zero attached hydrogens (tertiary/aromatic N) is 2. The van der Waals surface area contributed by atoms with E-state index in [1.165, 1.54) is 12.0 Å². The molecule has 5 rings (SSSR count). The van der Waals surface area contributed by atoms with Crippen molar-refractivity contribution >= 4 is 23.1 Å². The monoisotopic (exact) mass is 520 g/mol. The highest BCUT2D eigenvalue weighted by atomic mass is 16.5. The summed E-state index contributed by atoms with van der Waals surface area (Å²) >= 11 is 0. The smallest absolute Gasteiger partial charge is 0.300 e. The van der Waals surface area contributed by atoms with E-state index in [1.54, 1.807) is 54.9 Å². The SMILES string of the molecule is COc1c(C)cc(C)cc1/C(O)=C1\C(=O)C(=O)N(c2ccc(OCc3ccccc3)cc2)C1c1cccnc1. The molecule has 3 aromatic carbocycles. The number of ketones is 1. The molecule has 1 aromatic heterocycles. The molecule has 1 fully saturated rings. The average Bonchev–Trinajstić information content (AvgIpc) is 3.22. The molecule has 0 radical (unpaired) electrons. The lowest BCUT2D eigenvalue weighted by molar-refractivity contribution is -0.132. The number of amides is 1. The molecule has 2 heterocycles. The van der Waals surface area contributed by atoms with Crippen LogP contribution >= 0.6 is 0 Å². The number of Topliss-reactive ketones (excluding diaryl/α,β-unsaturated/α-hetero) is 1. The van der Waals surface area contributed by atoms with Gasteiger partial charge in [-0.05, 0) is 72.5 Å². The molecule has 0 saturated carbocycles. The summed E-state index contributed by atoms with van der Waals surface area (Å²) in [6, 6.07) is 23.1. The van der Waals surface area contributed by atoms with Crippen molar-refractivity contribution in [1.29, 1.82) is 0 Å². The van der Waals surface area contributed by atoms with Crippen LogP contribution in [0.5, 0.6) is 11.5 Å². The second-order valence-electron chi connectivity index (χ2n) is 9.39. The second-order valence-corrected chi connectivity index (χ2v) is 9.39. The fraction of sp³-hybridized carbons (Fsp3) is 0.156. The molecule has 1 atom stereocenters. The summed E-state index contributed by atoms with van der Waals surface area (Å²) in [5, 5.41) is 11.5. The zero-order chi connectivity index (χ0) is 27.5. The molecule has 1 unspecified atom stereocenters. The largest absolute Gasteiger partial charge is 0.507 e. The van der Waals surface area contributed by atoms with Gasteiger partial charge in [-0.3, -0.25) is 19.5 Å². The highest BCUT2D eigenvalue weighted by Crippen LogP contribution is 2.44. The van der Waals surface area contributed by atoms with Crippen LogP contribution in [-0.2, 0) is 16.2 Å². The number of anilines is 1. The number of ether oxygens (including phenoxy) is 2. The van der Waals surface area contributed by atoms with Crippen LogP contribution in [-0.4, -0.2) is 28.9 Å². The van der Waals surface area contributed by atoms with E-state index in [0.717, 1.165) is 16.7 Å². The zero-order valence-electron chi connectivity index (χ0n) is 21.9. The topological polar surface area (TPSA) is 89.0 Å². The number of methoxy groups -OCH3 is 1. The molecule has 0 bridgehead atoms. The van der Waals surface area contributed by atoms with Crippen molar-refractivity contribution in [2.24, 2.45) is 0 Å². The number of aliphatic hydroxyl groups is 1. The summed E-state index contributed by atoms with van der Waals surface area (Å²) in [7, 11) is 1.51. The third-order valence-electron chi connectivity index (χ3n) is 6.69. The van der Waals surface area contributed by atoms with Gasteiger partial charge >= 0.3 is 0 Å². The van der Waals surface area contributed by atoms with E-state index in [1.807, 2.05) is 50.2 Å². The Kier molecular flexibility index (Phi) is 7.14. The Bertz CT molecular complexity index is 1550. The van der Waals surface area contributed by atoms with Gasteiger partial charge in [0.05, 0.1) is 24.3 Å². The van der Waals surface area contributed by atoms with Crippen LogP contribution < -0.4 is 14.4 Å². The van der Waals surface area contributed by atoms with E-state index in [-0.39, 0.29) is 11.3 Å². The maximum absolute atomic E-state index is 13.5. The van der Waals surface area contributed by atoms with E-state index in [0.29, 0.717) is 34.9 Å². The van der Waals surface area contributed by atoms with Gasteiger partial charge in [-0.2, -0.15) is 0 Å². The molecule has 1 aliphatic heterocycles. The maximum Gasteiger partial charge on any atom is 0.300 e. The highest BCUT2D eigenvalue weighted by Gasteiger charge is 2.47. The standard InChI is InChI=1S/C32H28N2O5/c1-20-16-21(2)31(38-3)26(17-20)29(35)27-28(23-10-7-15-33-18-23)34(32(37)30(27)36)24-11-13-25(14-12-24)39-19-22-8-5-4-6-9-22/h4-18,28,35H,19H2,1-3H3/b29-27+. The molecule has 4 aromatic rings. The lowest BCUT2D eigenvalue weighted by Gasteiger charge is -2.25. The number of aromatic nitrogens is 1. The molecule has 1 N–H and O–H groups in total. The molecule has 7 heteroatoms. The molecule has 7 nitrogen and oxygen atoms in total. The number of hydrogen-bond donors (Lipinski definition) is 1. The average molecular weight is 521 g/mol. The number of pyridine rings is 1. The van der Waals surface area contributed by atoms with Gasteiger partial charge in [0.15, 0.2) is 0 Å². The van der Waals surface area contributed by atoms with Crippen molar-refractivity contribution in [1.82, 2.24) is 4.98 Å². The van der Waals surface area contributed by atoms with Crippen molar-refractivity contribution in [2.75, 3.05) is 12.0 Å². The Balaban J connectivity index is 1.57. The second kappa shape index (κ2) is 10.8. The number of rotatable bonds is 7. The summed E-state index contributed by atoms with van der Waals surface area (Å²) in [4.78, 5) is 32.6. The molecule has 0 spiro atoms. The Labute approximate surface area is 227 Å². The van der Waals surface area contributed by atoms with Crippen molar-refractivity contribution in [3.63, 3.8) is 0 Å². The highest BCUT2D eigenvalue weighted by molar-refractivity contribution is 6.51. The fourth-order valence-corrected chi connectivity index (χ4v) is 4.94. The van der Waals surface area contributed by atoms with Gasteiger partial charge in [0, 0.05) is 18.1 Å². The number of aliphatic hydroxyl groups excluding tert-OH is 1. The molecule has 39 heavy (non-hydrogen) atoms. The van der Waals surface area contributed by atoms with E-state index < -0.39 is 17.7 Å². The van der Waals surface area contributed by atoms with E-state index >= 15 is 0 Å². The summed E-state index contributed by atoms with van der Waals surface area (Å²) in [6.45, 7) is 4.15. The first kappa shape index (κ1) is 25.7. The van der Waals surface area contributed by atoms with Crippen LogP contribution in [0.4, 0.5) is 5.69 Å². The van der Waals surface area contributed by atoms with Crippen LogP contribution in [0.1, 0.15) is 33.9 Å². The summed E-state index contributed by atoms with van der Waals surface area (Å²) in [6.07, 6.45) is 3.20. The Morgan fingerprint density at radius 3 is 2.38 bits per heavy atom.